The summed E-state index contributed by atoms with van der Waals surface area (Å²) in [7, 11) is 1.46. The van der Waals surface area contributed by atoms with Crippen molar-refractivity contribution in [1.82, 2.24) is 0 Å². The SMILES string of the molecule is CCC(Oc1ccc(/C=C2/SC(=S)N(c3ccc(O)cc3)C2=O)cc1OC)C(=O)O. The van der Waals surface area contributed by atoms with Crippen molar-refractivity contribution >= 4 is 51.9 Å². The number of hydrogen-bond donors (Lipinski definition) is 2. The number of thioether (sulfide) groups is 1. The van der Waals surface area contributed by atoms with Gasteiger partial charge in [0.1, 0.15) is 5.75 Å². The molecule has 0 saturated carbocycles. The van der Waals surface area contributed by atoms with Gasteiger partial charge < -0.3 is 19.7 Å². The van der Waals surface area contributed by atoms with Crippen molar-refractivity contribution in [3.05, 3.63) is 52.9 Å². The van der Waals surface area contributed by atoms with Crippen LogP contribution in [0.3, 0.4) is 0 Å². The number of rotatable bonds is 7. The fraction of sp³-hybridized carbons (Fsp3) is 0.190. The lowest BCUT2D eigenvalue weighted by molar-refractivity contribution is -0.145. The molecule has 0 radical (unpaired) electrons. The molecule has 9 heteroatoms. The van der Waals surface area contributed by atoms with Gasteiger partial charge in [-0.1, -0.05) is 37.0 Å². The highest BCUT2D eigenvalue weighted by Gasteiger charge is 2.33. The molecule has 1 atom stereocenters. The van der Waals surface area contributed by atoms with E-state index in [1.54, 1.807) is 43.3 Å². The minimum atomic E-state index is -1.05. The number of ether oxygens (including phenoxy) is 2. The number of carbonyl (C=O) groups excluding carboxylic acids is 1. The summed E-state index contributed by atoms with van der Waals surface area (Å²) in [4.78, 5) is 25.9. The number of carboxylic acids is 1. The summed E-state index contributed by atoms with van der Waals surface area (Å²) in [6.07, 6.45) is 1.01. The number of aliphatic carboxylic acids is 1. The van der Waals surface area contributed by atoms with Crippen LogP contribution in [-0.2, 0) is 9.59 Å². The van der Waals surface area contributed by atoms with Gasteiger partial charge in [0.15, 0.2) is 21.9 Å². The van der Waals surface area contributed by atoms with E-state index in [4.69, 9.17) is 21.7 Å². The van der Waals surface area contributed by atoms with Crippen LogP contribution in [0.2, 0.25) is 0 Å². The highest BCUT2D eigenvalue weighted by atomic mass is 32.2. The summed E-state index contributed by atoms with van der Waals surface area (Å²) >= 11 is 6.51. The number of benzene rings is 2. The van der Waals surface area contributed by atoms with Crippen LogP contribution in [0.4, 0.5) is 5.69 Å². The van der Waals surface area contributed by atoms with E-state index in [2.05, 4.69) is 0 Å². The van der Waals surface area contributed by atoms with Gasteiger partial charge in [0.25, 0.3) is 5.91 Å². The molecule has 1 aliphatic heterocycles. The maximum Gasteiger partial charge on any atom is 0.344 e. The molecule has 0 aliphatic carbocycles. The Kier molecular flexibility index (Phi) is 6.63. The Bertz CT molecular complexity index is 1020. The predicted octanol–water partition coefficient (Wildman–Crippen LogP) is 4.05. The molecule has 0 aromatic heterocycles. The zero-order chi connectivity index (χ0) is 21.8. The Hall–Kier alpha value is -3.04. The molecule has 1 saturated heterocycles. The smallest absolute Gasteiger partial charge is 0.344 e. The number of phenolic OH excluding ortho intramolecular Hbond substituents is 1. The Morgan fingerprint density at radius 3 is 2.53 bits per heavy atom. The molecule has 1 unspecified atom stereocenters. The lowest BCUT2D eigenvalue weighted by Gasteiger charge is -2.16. The van der Waals surface area contributed by atoms with Crippen molar-refractivity contribution in [3.8, 4) is 17.2 Å². The van der Waals surface area contributed by atoms with Crippen LogP contribution >= 0.6 is 24.0 Å². The quantitative estimate of drug-likeness (QED) is 0.487. The van der Waals surface area contributed by atoms with Gasteiger partial charge in [-0.3, -0.25) is 9.69 Å². The van der Waals surface area contributed by atoms with E-state index in [1.807, 2.05) is 0 Å². The number of thiocarbonyl (C=S) groups is 1. The van der Waals surface area contributed by atoms with Crippen LogP contribution in [0.25, 0.3) is 6.08 Å². The van der Waals surface area contributed by atoms with Gasteiger partial charge in [0.05, 0.1) is 17.7 Å². The van der Waals surface area contributed by atoms with Crippen molar-refractivity contribution in [1.29, 1.82) is 0 Å². The van der Waals surface area contributed by atoms with E-state index in [-0.39, 0.29) is 11.7 Å². The number of carboxylic acid groups (broad SMARTS) is 1. The summed E-state index contributed by atoms with van der Waals surface area (Å²) in [5.74, 6) is -0.561. The second-order valence-electron chi connectivity index (χ2n) is 6.30. The van der Waals surface area contributed by atoms with Crippen LogP contribution < -0.4 is 14.4 Å². The van der Waals surface area contributed by atoms with E-state index < -0.39 is 12.1 Å². The fourth-order valence-electron chi connectivity index (χ4n) is 2.78. The van der Waals surface area contributed by atoms with Crippen molar-refractivity contribution in [3.63, 3.8) is 0 Å². The zero-order valence-corrected chi connectivity index (χ0v) is 17.8. The van der Waals surface area contributed by atoms with Gasteiger partial charge in [-0.05, 0) is 54.5 Å². The standard InChI is InChI=1S/C21H19NO6S2/c1-3-15(20(25)26)28-16-9-4-12(10-17(16)27-2)11-18-19(24)22(21(29)30-18)13-5-7-14(23)8-6-13/h4-11,15,23H,3H2,1-2H3,(H,25,26)/b18-11+. The lowest BCUT2D eigenvalue weighted by atomic mass is 10.1. The summed E-state index contributed by atoms with van der Waals surface area (Å²) in [6, 6.07) is 11.2. The van der Waals surface area contributed by atoms with Crippen LogP contribution in [0.15, 0.2) is 47.4 Å². The van der Waals surface area contributed by atoms with Gasteiger partial charge in [-0.2, -0.15) is 0 Å². The molecule has 1 fully saturated rings. The number of carbonyl (C=O) groups is 2. The van der Waals surface area contributed by atoms with E-state index in [9.17, 15) is 19.8 Å². The van der Waals surface area contributed by atoms with Crippen LogP contribution in [0.5, 0.6) is 17.2 Å². The minimum Gasteiger partial charge on any atom is -0.508 e. The third-order valence-corrected chi connectivity index (χ3v) is 5.60. The van der Waals surface area contributed by atoms with Gasteiger partial charge in [0, 0.05) is 0 Å². The second kappa shape index (κ2) is 9.19. The van der Waals surface area contributed by atoms with Crippen molar-refractivity contribution < 1.29 is 29.3 Å². The zero-order valence-electron chi connectivity index (χ0n) is 16.2. The molecule has 1 amide bonds. The Labute approximate surface area is 182 Å². The first-order valence-corrected chi connectivity index (χ1v) is 10.2. The van der Waals surface area contributed by atoms with Gasteiger partial charge in [-0.15, -0.1) is 0 Å². The minimum absolute atomic E-state index is 0.0994. The molecule has 0 bridgehead atoms. The Morgan fingerprint density at radius 2 is 1.93 bits per heavy atom. The molecule has 2 aromatic rings. The van der Waals surface area contributed by atoms with E-state index in [1.165, 1.54) is 35.9 Å². The molecule has 7 nitrogen and oxygen atoms in total. The van der Waals surface area contributed by atoms with E-state index in [0.717, 1.165) is 0 Å². The number of hydrogen-bond acceptors (Lipinski definition) is 7. The fourth-order valence-corrected chi connectivity index (χ4v) is 4.08. The second-order valence-corrected chi connectivity index (χ2v) is 7.97. The number of nitrogens with zero attached hydrogens (tertiary/aromatic N) is 1. The molecule has 2 aromatic carbocycles. The molecular formula is C21H19NO6S2. The molecule has 1 aliphatic rings. The third-order valence-electron chi connectivity index (χ3n) is 4.30. The summed E-state index contributed by atoms with van der Waals surface area (Å²) in [6.45, 7) is 1.72. The molecule has 2 N–H and O–H groups in total. The monoisotopic (exact) mass is 445 g/mol. The molecular weight excluding hydrogens is 426 g/mol. The molecule has 0 spiro atoms. The maximum absolute atomic E-state index is 12.9. The summed E-state index contributed by atoms with van der Waals surface area (Å²) in [5, 5.41) is 18.6. The Balaban J connectivity index is 1.86. The van der Waals surface area contributed by atoms with Crippen molar-refractivity contribution in [2.75, 3.05) is 12.0 Å². The van der Waals surface area contributed by atoms with Crippen molar-refractivity contribution in [2.24, 2.45) is 0 Å². The number of methoxy groups -OCH3 is 1. The van der Waals surface area contributed by atoms with Crippen molar-refractivity contribution in [2.45, 2.75) is 19.4 Å². The highest BCUT2D eigenvalue weighted by Crippen LogP contribution is 2.37. The number of aromatic hydroxyl groups is 1. The Morgan fingerprint density at radius 1 is 1.23 bits per heavy atom. The van der Waals surface area contributed by atoms with E-state index >= 15 is 0 Å². The van der Waals surface area contributed by atoms with E-state index in [0.29, 0.717) is 38.4 Å². The first kappa shape index (κ1) is 21.7. The van der Waals surface area contributed by atoms with Gasteiger partial charge in [0.2, 0.25) is 0 Å². The highest BCUT2D eigenvalue weighted by molar-refractivity contribution is 8.27. The summed E-state index contributed by atoms with van der Waals surface area (Å²) in [5.41, 5.74) is 1.24. The maximum atomic E-state index is 12.9. The average molecular weight is 446 g/mol. The third kappa shape index (κ3) is 4.58. The number of phenols is 1. The molecule has 3 rings (SSSR count). The van der Waals surface area contributed by atoms with Crippen LogP contribution in [0, 0.1) is 0 Å². The van der Waals surface area contributed by atoms with Gasteiger partial charge >= 0.3 is 5.97 Å². The van der Waals surface area contributed by atoms with Gasteiger partial charge in [-0.25, -0.2) is 4.79 Å². The largest absolute Gasteiger partial charge is 0.508 e. The predicted molar refractivity (Wildman–Crippen MR) is 119 cm³/mol. The topological polar surface area (TPSA) is 96.3 Å². The molecule has 1 heterocycles. The average Bonchev–Trinajstić information content (AvgIpc) is 3.00. The first-order chi connectivity index (χ1) is 14.3. The molecule has 30 heavy (non-hydrogen) atoms. The lowest BCUT2D eigenvalue weighted by Crippen LogP contribution is -2.27. The van der Waals surface area contributed by atoms with Crippen LogP contribution in [0.1, 0.15) is 18.9 Å². The number of amides is 1. The first-order valence-electron chi connectivity index (χ1n) is 8.98. The van der Waals surface area contributed by atoms with Crippen LogP contribution in [-0.4, -0.2) is 39.6 Å². The normalized spacial score (nSPS) is 16.1. The summed E-state index contributed by atoms with van der Waals surface area (Å²) < 4.78 is 11.2. The number of anilines is 1. The molecule has 156 valence electrons.